The van der Waals surface area contributed by atoms with Gasteiger partial charge in [-0.25, -0.2) is 4.79 Å². The molecule has 1 aliphatic rings. The predicted molar refractivity (Wildman–Crippen MR) is 79.4 cm³/mol. The van der Waals surface area contributed by atoms with Crippen LogP contribution in [0.4, 0.5) is 10.5 Å². The Morgan fingerprint density at radius 2 is 1.80 bits per heavy atom. The quantitative estimate of drug-likeness (QED) is 0.825. The maximum absolute atomic E-state index is 12.2. The summed E-state index contributed by atoms with van der Waals surface area (Å²) >= 11 is 0. The van der Waals surface area contributed by atoms with E-state index in [1.165, 1.54) is 0 Å². The second-order valence-electron chi connectivity index (χ2n) is 4.61. The second-order valence-corrected chi connectivity index (χ2v) is 4.61. The average molecular weight is 265 g/mol. The third-order valence-electron chi connectivity index (χ3n) is 3.24. The van der Waals surface area contributed by atoms with Crippen LogP contribution in [0, 0.1) is 0 Å². The maximum Gasteiger partial charge on any atom is 0.414 e. The van der Waals surface area contributed by atoms with Crippen molar-refractivity contribution < 1.29 is 9.53 Å². The molecule has 1 aliphatic heterocycles. The van der Waals surface area contributed by atoms with Gasteiger partial charge in [-0.2, -0.15) is 0 Å². The molecule has 2 aromatic rings. The fourth-order valence-corrected chi connectivity index (χ4v) is 2.23. The number of nitrogens with zero attached hydrogens (tertiary/aromatic N) is 1. The molecule has 20 heavy (non-hydrogen) atoms. The van der Waals surface area contributed by atoms with Crippen LogP contribution in [0.15, 0.2) is 60.7 Å². The van der Waals surface area contributed by atoms with Crippen LogP contribution in [0.3, 0.4) is 0 Å². The highest BCUT2D eigenvalue weighted by Gasteiger charge is 2.20. The van der Waals surface area contributed by atoms with E-state index in [-0.39, 0.29) is 6.09 Å². The summed E-state index contributed by atoms with van der Waals surface area (Å²) < 4.78 is 5.38. The van der Waals surface area contributed by atoms with E-state index in [0.29, 0.717) is 13.2 Å². The Morgan fingerprint density at radius 3 is 2.65 bits per heavy atom. The Balaban J connectivity index is 1.71. The minimum absolute atomic E-state index is 0.294. The van der Waals surface area contributed by atoms with Crippen molar-refractivity contribution in [3.05, 3.63) is 71.8 Å². The zero-order valence-electron chi connectivity index (χ0n) is 11.0. The summed E-state index contributed by atoms with van der Waals surface area (Å²) in [5, 5.41) is 0. The monoisotopic (exact) mass is 265 g/mol. The van der Waals surface area contributed by atoms with Gasteiger partial charge in [0.1, 0.15) is 6.61 Å². The van der Waals surface area contributed by atoms with Gasteiger partial charge in [0.25, 0.3) is 0 Å². The van der Waals surface area contributed by atoms with Crippen molar-refractivity contribution in [2.75, 3.05) is 11.4 Å². The Bertz CT molecular complexity index is 634. The largest absolute Gasteiger partial charge is 0.444 e. The van der Waals surface area contributed by atoms with E-state index in [4.69, 9.17) is 4.74 Å². The van der Waals surface area contributed by atoms with Gasteiger partial charge in [0, 0.05) is 6.54 Å². The van der Waals surface area contributed by atoms with Crippen LogP contribution < -0.4 is 4.90 Å². The van der Waals surface area contributed by atoms with Gasteiger partial charge in [-0.05, 0) is 17.2 Å². The van der Waals surface area contributed by atoms with Gasteiger partial charge in [-0.1, -0.05) is 60.7 Å². The molecule has 0 unspecified atom stereocenters. The molecule has 1 heterocycles. The van der Waals surface area contributed by atoms with E-state index in [1.807, 2.05) is 66.7 Å². The van der Waals surface area contributed by atoms with Crippen LogP contribution >= 0.6 is 0 Å². The van der Waals surface area contributed by atoms with Gasteiger partial charge in [-0.3, -0.25) is 4.90 Å². The second kappa shape index (κ2) is 5.61. The molecular weight excluding hydrogens is 250 g/mol. The molecule has 0 radical (unpaired) electrons. The molecule has 0 saturated carbocycles. The molecule has 0 spiro atoms. The lowest BCUT2D eigenvalue weighted by Gasteiger charge is -2.25. The van der Waals surface area contributed by atoms with Gasteiger partial charge in [-0.15, -0.1) is 0 Å². The molecule has 0 atom stereocenters. The first-order valence-corrected chi connectivity index (χ1v) is 6.58. The van der Waals surface area contributed by atoms with Gasteiger partial charge in [0.05, 0.1) is 5.69 Å². The van der Waals surface area contributed by atoms with Crippen LogP contribution in [0.25, 0.3) is 6.08 Å². The lowest BCUT2D eigenvalue weighted by atomic mass is 10.1. The highest BCUT2D eigenvalue weighted by Crippen LogP contribution is 2.26. The van der Waals surface area contributed by atoms with E-state index < -0.39 is 0 Å². The normalized spacial score (nSPS) is 12.9. The molecule has 3 rings (SSSR count). The van der Waals surface area contributed by atoms with Gasteiger partial charge >= 0.3 is 6.09 Å². The van der Waals surface area contributed by atoms with Crippen LogP contribution in [0.5, 0.6) is 0 Å². The summed E-state index contributed by atoms with van der Waals surface area (Å²) in [5.74, 6) is 0. The van der Waals surface area contributed by atoms with Crippen LogP contribution in [-0.2, 0) is 11.3 Å². The van der Waals surface area contributed by atoms with E-state index in [9.17, 15) is 4.79 Å². The van der Waals surface area contributed by atoms with Crippen LogP contribution in [0.2, 0.25) is 0 Å². The third kappa shape index (κ3) is 2.57. The van der Waals surface area contributed by atoms with Crippen LogP contribution in [0.1, 0.15) is 11.1 Å². The van der Waals surface area contributed by atoms with E-state index in [2.05, 4.69) is 0 Å². The molecule has 0 saturated heterocycles. The molecule has 3 heteroatoms. The van der Waals surface area contributed by atoms with Crippen molar-refractivity contribution in [1.82, 2.24) is 0 Å². The molecule has 100 valence electrons. The SMILES string of the molecule is O=C(OCc1ccccc1)N1CC=Cc2ccccc21. The van der Waals surface area contributed by atoms with Gasteiger partial charge in [0.2, 0.25) is 0 Å². The minimum atomic E-state index is -0.314. The number of hydrogen-bond acceptors (Lipinski definition) is 2. The number of amides is 1. The fourth-order valence-electron chi connectivity index (χ4n) is 2.23. The van der Waals surface area contributed by atoms with Crippen molar-refractivity contribution in [2.45, 2.75) is 6.61 Å². The van der Waals surface area contributed by atoms with Crippen molar-refractivity contribution in [2.24, 2.45) is 0 Å². The smallest absolute Gasteiger partial charge is 0.414 e. The zero-order valence-corrected chi connectivity index (χ0v) is 11.0. The topological polar surface area (TPSA) is 29.5 Å². The first-order valence-electron chi connectivity index (χ1n) is 6.58. The number of para-hydroxylation sites is 1. The number of ether oxygens (including phenoxy) is 1. The van der Waals surface area contributed by atoms with E-state index in [1.54, 1.807) is 4.90 Å². The molecule has 1 amide bonds. The molecule has 0 N–H and O–H groups in total. The molecular formula is C17H15NO2. The summed E-state index contributed by atoms with van der Waals surface area (Å²) in [5.41, 5.74) is 2.92. The molecule has 0 bridgehead atoms. The Kier molecular flexibility index (Phi) is 3.50. The number of benzene rings is 2. The number of carbonyl (C=O) groups excluding carboxylic acids is 1. The average Bonchev–Trinajstić information content (AvgIpc) is 2.53. The first-order chi connectivity index (χ1) is 9.84. The highest BCUT2D eigenvalue weighted by molar-refractivity contribution is 5.92. The lowest BCUT2D eigenvalue weighted by Crippen LogP contribution is -2.33. The Morgan fingerprint density at radius 1 is 1.05 bits per heavy atom. The summed E-state index contributed by atoms with van der Waals surface area (Å²) in [6, 6.07) is 17.5. The standard InChI is InChI=1S/C17H15NO2/c19-17(20-13-14-7-2-1-3-8-14)18-12-6-10-15-9-4-5-11-16(15)18/h1-11H,12-13H2. The minimum Gasteiger partial charge on any atom is -0.444 e. The highest BCUT2D eigenvalue weighted by atomic mass is 16.6. The predicted octanol–water partition coefficient (Wildman–Crippen LogP) is 3.86. The maximum atomic E-state index is 12.2. The number of fused-ring (bicyclic) bond motifs is 1. The van der Waals surface area contributed by atoms with E-state index >= 15 is 0 Å². The molecule has 3 nitrogen and oxygen atoms in total. The van der Waals surface area contributed by atoms with Crippen molar-refractivity contribution in [3.8, 4) is 0 Å². The summed E-state index contributed by atoms with van der Waals surface area (Å²) in [7, 11) is 0. The number of rotatable bonds is 2. The summed E-state index contributed by atoms with van der Waals surface area (Å²) in [6.45, 7) is 0.840. The van der Waals surface area contributed by atoms with Gasteiger partial charge < -0.3 is 4.74 Å². The number of hydrogen-bond donors (Lipinski definition) is 0. The third-order valence-corrected chi connectivity index (χ3v) is 3.24. The van der Waals surface area contributed by atoms with Crippen molar-refractivity contribution in [3.63, 3.8) is 0 Å². The Labute approximate surface area is 118 Å². The first kappa shape index (κ1) is 12.5. The molecule has 0 fully saturated rings. The fraction of sp³-hybridized carbons (Fsp3) is 0.118. The van der Waals surface area contributed by atoms with Crippen molar-refractivity contribution in [1.29, 1.82) is 0 Å². The molecule has 0 aliphatic carbocycles. The summed E-state index contributed by atoms with van der Waals surface area (Å²) in [4.78, 5) is 13.9. The summed E-state index contributed by atoms with van der Waals surface area (Å²) in [6.07, 6.45) is 3.67. The number of anilines is 1. The molecule has 2 aromatic carbocycles. The van der Waals surface area contributed by atoms with Crippen LogP contribution in [-0.4, -0.2) is 12.6 Å². The zero-order chi connectivity index (χ0) is 13.8. The number of carbonyl (C=O) groups is 1. The Hall–Kier alpha value is -2.55. The van der Waals surface area contributed by atoms with Gasteiger partial charge in [0.15, 0.2) is 0 Å². The van der Waals surface area contributed by atoms with E-state index in [0.717, 1.165) is 16.8 Å². The molecule has 0 aromatic heterocycles. The van der Waals surface area contributed by atoms with Crippen molar-refractivity contribution >= 4 is 17.9 Å². The lowest BCUT2D eigenvalue weighted by molar-refractivity contribution is 0.147.